The van der Waals surface area contributed by atoms with Gasteiger partial charge < -0.3 is 0 Å². The molecule has 136 valence electrons. The lowest BCUT2D eigenvalue weighted by atomic mass is 9.50. The van der Waals surface area contributed by atoms with Crippen LogP contribution < -0.4 is 10.9 Å². The number of aryl methyl sites for hydroxylation is 1. The molecule has 2 heterocycles. The van der Waals surface area contributed by atoms with Crippen molar-refractivity contribution >= 4 is 22.4 Å². The highest BCUT2D eigenvalue weighted by Crippen LogP contribution is 2.61. The average Bonchev–Trinajstić information content (AvgIpc) is 3.05. The summed E-state index contributed by atoms with van der Waals surface area (Å²) in [5.41, 5.74) is 0.129. The summed E-state index contributed by atoms with van der Waals surface area (Å²) in [6, 6.07) is 2.77. The molecule has 2 aromatic rings. The second-order valence-electron chi connectivity index (χ2n) is 8.24. The van der Waals surface area contributed by atoms with E-state index < -0.39 is 0 Å². The van der Waals surface area contributed by atoms with Crippen molar-refractivity contribution in [2.75, 3.05) is 5.32 Å². The number of aromatic nitrogens is 4. The van der Waals surface area contributed by atoms with Crippen LogP contribution in [0.3, 0.4) is 0 Å². The van der Waals surface area contributed by atoms with Crippen LogP contribution in [0, 0.1) is 17.8 Å². The zero-order valence-electron chi connectivity index (χ0n) is 14.6. The molecule has 2 aromatic heterocycles. The van der Waals surface area contributed by atoms with Crippen LogP contribution in [0.25, 0.3) is 0 Å². The number of rotatable bonds is 3. The van der Waals surface area contributed by atoms with Crippen LogP contribution >= 0.6 is 11.3 Å². The van der Waals surface area contributed by atoms with Crippen molar-refractivity contribution in [1.29, 1.82) is 0 Å². The highest BCUT2D eigenvalue weighted by molar-refractivity contribution is 7.15. The van der Waals surface area contributed by atoms with Gasteiger partial charge in [-0.25, -0.2) is 4.68 Å². The monoisotopic (exact) mass is 371 g/mol. The van der Waals surface area contributed by atoms with Crippen LogP contribution in [0.15, 0.2) is 16.9 Å². The minimum atomic E-state index is -0.367. The van der Waals surface area contributed by atoms with Gasteiger partial charge in [-0.1, -0.05) is 11.3 Å². The summed E-state index contributed by atoms with van der Waals surface area (Å²) in [4.78, 5) is 23.8. The zero-order chi connectivity index (χ0) is 17.9. The molecule has 0 spiro atoms. The lowest BCUT2D eigenvalue weighted by molar-refractivity contribution is -0.00555. The Bertz CT molecular complexity index is 898. The first-order valence-corrected chi connectivity index (χ1v) is 10.0. The van der Waals surface area contributed by atoms with Crippen molar-refractivity contribution in [2.45, 2.75) is 43.9 Å². The first-order valence-electron chi connectivity index (χ1n) is 9.20. The van der Waals surface area contributed by atoms with E-state index in [9.17, 15) is 9.59 Å². The minimum absolute atomic E-state index is 0.185. The summed E-state index contributed by atoms with van der Waals surface area (Å²) < 4.78 is 1.15. The number of anilines is 1. The third-order valence-corrected chi connectivity index (χ3v) is 7.42. The van der Waals surface area contributed by atoms with Crippen molar-refractivity contribution in [3.63, 3.8) is 0 Å². The fraction of sp³-hybridized carbons (Fsp3) is 0.611. The SMILES string of the molecule is Cn1nc(C(=O)Nc2nnc(C34CC5CC(CC(C5)C3)C4)s2)ccc1=O. The zero-order valence-corrected chi connectivity index (χ0v) is 15.5. The van der Waals surface area contributed by atoms with Gasteiger partial charge in [0, 0.05) is 18.5 Å². The number of carbonyl (C=O) groups excluding carboxylic acids is 1. The van der Waals surface area contributed by atoms with Crippen LogP contribution in [0.5, 0.6) is 0 Å². The Morgan fingerprint density at radius 3 is 2.42 bits per heavy atom. The Morgan fingerprint density at radius 1 is 1.15 bits per heavy atom. The molecule has 4 saturated carbocycles. The van der Waals surface area contributed by atoms with Crippen molar-refractivity contribution in [2.24, 2.45) is 24.8 Å². The van der Waals surface area contributed by atoms with Gasteiger partial charge in [-0.15, -0.1) is 10.2 Å². The molecular formula is C18H21N5O2S. The quantitative estimate of drug-likeness (QED) is 0.894. The second kappa shape index (κ2) is 5.70. The van der Waals surface area contributed by atoms with E-state index in [1.54, 1.807) is 0 Å². The minimum Gasteiger partial charge on any atom is -0.295 e. The maximum absolute atomic E-state index is 12.4. The lowest BCUT2D eigenvalue weighted by Crippen LogP contribution is -2.48. The summed E-state index contributed by atoms with van der Waals surface area (Å²) in [6.07, 6.45) is 7.85. The van der Waals surface area contributed by atoms with E-state index in [0.717, 1.165) is 27.4 Å². The molecule has 4 bridgehead atoms. The van der Waals surface area contributed by atoms with Crippen molar-refractivity contribution in [1.82, 2.24) is 20.0 Å². The van der Waals surface area contributed by atoms with Gasteiger partial charge in [-0.3, -0.25) is 14.9 Å². The molecule has 1 N–H and O–H groups in total. The van der Waals surface area contributed by atoms with E-state index in [0.29, 0.717) is 5.13 Å². The van der Waals surface area contributed by atoms with Gasteiger partial charge in [0.1, 0.15) is 10.7 Å². The molecule has 4 fully saturated rings. The van der Waals surface area contributed by atoms with E-state index in [2.05, 4.69) is 20.6 Å². The molecule has 0 radical (unpaired) electrons. The normalized spacial score (nSPS) is 32.0. The molecular weight excluding hydrogens is 350 g/mol. The van der Waals surface area contributed by atoms with Gasteiger partial charge >= 0.3 is 0 Å². The molecule has 0 atom stereocenters. The van der Waals surface area contributed by atoms with Crippen molar-refractivity contribution in [3.05, 3.63) is 33.2 Å². The van der Waals surface area contributed by atoms with Crippen LogP contribution in [-0.2, 0) is 12.5 Å². The van der Waals surface area contributed by atoms with Crippen LogP contribution in [0.1, 0.15) is 54.0 Å². The summed E-state index contributed by atoms with van der Waals surface area (Å²) in [7, 11) is 1.52. The molecule has 1 amide bonds. The van der Waals surface area contributed by atoms with E-state index in [1.165, 1.54) is 69.0 Å². The number of carbonyl (C=O) groups is 1. The van der Waals surface area contributed by atoms with Crippen LogP contribution in [0.4, 0.5) is 5.13 Å². The average molecular weight is 371 g/mol. The fourth-order valence-corrected chi connectivity index (χ4v) is 6.60. The van der Waals surface area contributed by atoms with Crippen LogP contribution in [-0.4, -0.2) is 25.9 Å². The molecule has 26 heavy (non-hydrogen) atoms. The predicted molar refractivity (Wildman–Crippen MR) is 97.2 cm³/mol. The molecule has 0 aliphatic heterocycles. The van der Waals surface area contributed by atoms with Crippen molar-refractivity contribution < 1.29 is 4.79 Å². The molecule has 0 aromatic carbocycles. The molecule has 4 aliphatic carbocycles. The van der Waals surface area contributed by atoms with Gasteiger partial charge in [0.25, 0.3) is 11.5 Å². The molecule has 6 rings (SSSR count). The Kier molecular flexibility index (Phi) is 3.53. The van der Waals surface area contributed by atoms with Gasteiger partial charge in [-0.05, 0) is 62.3 Å². The lowest BCUT2D eigenvalue weighted by Gasteiger charge is -2.55. The summed E-state index contributed by atoms with van der Waals surface area (Å²) in [5, 5.41) is 17.0. The molecule has 0 saturated heterocycles. The number of nitrogens with one attached hydrogen (secondary N) is 1. The summed E-state index contributed by atoms with van der Waals surface area (Å²) in [5.74, 6) is 2.17. The van der Waals surface area contributed by atoms with Crippen molar-refractivity contribution in [3.8, 4) is 0 Å². The Balaban J connectivity index is 1.36. The van der Waals surface area contributed by atoms with E-state index in [4.69, 9.17) is 0 Å². The molecule has 7 nitrogen and oxygen atoms in total. The highest BCUT2D eigenvalue weighted by atomic mass is 32.1. The first kappa shape index (κ1) is 16.1. The first-order chi connectivity index (χ1) is 12.5. The summed E-state index contributed by atoms with van der Waals surface area (Å²) >= 11 is 1.50. The number of amides is 1. The third-order valence-electron chi connectivity index (χ3n) is 6.33. The van der Waals surface area contributed by atoms with Crippen LogP contribution in [0.2, 0.25) is 0 Å². The highest BCUT2D eigenvalue weighted by Gasteiger charge is 2.53. The van der Waals surface area contributed by atoms with Gasteiger partial charge in [0.15, 0.2) is 0 Å². The Hall–Kier alpha value is -2.09. The predicted octanol–water partition coefficient (Wildman–Crippen LogP) is 2.35. The Morgan fingerprint density at radius 2 is 1.81 bits per heavy atom. The van der Waals surface area contributed by atoms with Gasteiger partial charge in [0.2, 0.25) is 5.13 Å². The molecule has 4 aliphatic rings. The van der Waals surface area contributed by atoms with E-state index in [1.807, 2.05) is 0 Å². The smallest absolute Gasteiger partial charge is 0.277 e. The van der Waals surface area contributed by atoms with Gasteiger partial charge in [-0.2, -0.15) is 5.10 Å². The maximum Gasteiger partial charge on any atom is 0.277 e. The van der Waals surface area contributed by atoms with E-state index >= 15 is 0 Å². The molecule has 0 unspecified atom stereocenters. The van der Waals surface area contributed by atoms with E-state index in [-0.39, 0.29) is 22.6 Å². The van der Waals surface area contributed by atoms with Gasteiger partial charge in [0.05, 0.1) is 0 Å². The largest absolute Gasteiger partial charge is 0.295 e. The standard InChI is InChI=1S/C18H21N5O2S/c1-23-14(24)3-2-13(22-23)15(25)19-17-21-20-16(26-17)18-7-10-4-11(8-18)6-12(5-10)9-18/h2-3,10-12H,4-9H2,1H3,(H,19,21,25). The fourth-order valence-electron chi connectivity index (χ4n) is 5.65. The number of nitrogens with zero attached hydrogens (tertiary/aromatic N) is 4. The number of hydrogen-bond acceptors (Lipinski definition) is 6. The summed E-state index contributed by atoms with van der Waals surface area (Å²) in [6.45, 7) is 0. The third kappa shape index (κ3) is 2.58. The molecule has 8 heteroatoms. The number of hydrogen-bond donors (Lipinski definition) is 1. The second-order valence-corrected chi connectivity index (χ2v) is 9.22. The Labute approximate surface area is 154 Å². The topological polar surface area (TPSA) is 89.8 Å². The maximum atomic E-state index is 12.4.